The van der Waals surface area contributed by atoms with E-state index < -0.39 is 0 Å². The highest BCUT2D eigenvalue weighted by molar-refractivity contribution is 5.80. The summed E-state index contributed by atoms with van der Waals surface area (Å²) in [5, 5.41) is 0. The second kappa shape index (κ2) is 5.91. The third kappa shape index (κ3) is 3.16. The van der Waals surface area contributed by atoms with E-state index in [2.05, 4.69) is 54.6 Å². The molecule has 1 aromatic carbocycles. The second-order valence-corrected chi connectivity index (χ2v) is 5.50. The van der Waals surface area contributed by atoms with E-state index in [4.69, 9.17) is 5.73 Å². The van der Waals surface area contributed by atoms with Crippen molar-refractivity contribution in [2.75, 3.05) is 13.1 Å². The van der Waals surface area contributed by atoms with Gasteiger partial charge in [0.2, 0.25) is 0 Å². The molecule has 3 nitrogen and oxygen atoms in total. The molecule has 102 valence electrons. The molecule has 0 radical (unpaired) electrons. The zero-order valence-corrected chi connectivity index (χ0v) is 11.8. The predicted octanol–water partition coefficient (Wildman–Crippen LogP) is 2.74. The molecule has 1 aromatic rings. The molecule has 2 rings (SSSR count). The molecule has 1 aliphatic rings. The lowest BCUT2D eigenvalue weighted by Gasteiger charge is -2.25. The molecule has 0 fully saturated rings. The summed E-state index contributed by atoms with van der Waals surface area (Å²) in [6.45, 7) is 9.75. The van der Waals surface area contributed by atoms with Crippen molar-refractivity contribution in [2.45, 2.75) is 26.3 Å². The lowest BCUT2D eigenvalue weighted by molar-refractivity contribution is 0.380. The zero-order valence-electron chi connectivity index (χ0n) is 11.8. The van der Waals surface area contributed by atoms with Crippen molar-refractivity contribution >= 4 is 5.96 Å². The van der Waals surface area contributed by atoms with Gasteiger partial charge < -0.3 is 10.6 Å². The van der Waals surface area contributed by atoms with Gasteiger partial charge in [-0.3, -0.25) is 4.99 Å². The smallest absolute Gasteiger partial charge is 0.192 e. The van der Waals surface area contributed by atoms with Gasteiger partial charge in [-0.05, 0) is 23.5 Å². The van der Waals surface area contributed by atoms with Gasteiger partial charge in [0, 0.05) is 6.54 Å². The molecule has 0 aromatic heterocycles. The van der Waals surface area contributed by atoms with E-state index in [9.17, 15) is 0 Å². The molecule has 0 spiro atoms. The van der Waals surface area contributed by atoms with Crippen LogP contribution in [0.3, 0.4) is 0 Å². The quantitative estimate of drug-likeness (QED) is 0.824. The fourth-order valence-corrected chi connectivity index (χ4v) is 2.52. The van der Waals surface area contributed by atoms with Gasteiger partial charge in [0.05, 0.1) is 12.6 Å². The topological polar surface area (TPSA) is 41.6 Å². The summed E-state index contributed by atoms with van der Waals surface area (Å²) in [7, 11) is 0. The van der Waals surface area contributed by atoms with Crippen LogP contribution in [0.5, 0.6) is 0 Å². The van der Waals surface area contributed by atoms with Gasteiger partial charge in [-0.1, -0.05) is 44.2 Å². The average molecular weight is 257 g/mol. The minimum Gasteiger partial charge on any atom is -0.370 e. The predicted molar refractivity (Wildman–Crippen MR) is 81.1 cm³/mol. The van der Waals surface area contributed by atoms with Crippen LogP contribution < -0.4 is 5.73 Å². The summed E-state index contributed by atoms with van der Waals surface area (Å²) in [6.07, 6.45) is 2.99. The SMILES string of the molecule is C=CCN1C(N)=NCC1c1ccc(CC(C)C)cc1. The molecule has 1 unspecified atom stereocenters. The Kier molecular flexibility index (Phi) is 4.25. The van der Waals surface area contributed by atoms with Gasteiger partial charge in [0.25, 0.3) is 0 Å². The molecule has 0 amide bonds. The molecule has 19 heavy (non-hydrogen) atoms. The summed E-state index contributed by atoms with van der Waals surface area (Å²) in [5.41, 5.74) is 8.58. The minimum absolute atomic E-state index is 0.256. The van der Waals surface area contributed by atoms with Crippen LogP contribution in [0.15, 0.2) is 41.9 Å². The fourth-order valence-electron chi connectivity index (χ4n) is 2.52. The largest absolute Gasteiger partial charge is 0.370 e. The van der Waals surface area contributed by atoms with E-state index in [1.54, 1.807) is 0 Å². The lowest BCUT2D eigenvalue weighted by atomic mass is 9.99. The van der Waals surface area contributed by atoms with E-state index in [0.29, 0.717) is 11.9 Å². The highest BCUT2D eigenvalue weighted by atomic mass is 15.3. The summed E-state index contributed by atoms with van der Waals surface area (Å²) in [6, 6.07) is 9.09. The first-order valence-corrected chi connectivity index (χ1v) is 6.88. The van der Waals surface area contributed by atoms with Gasteiger partial charge in [-0.25, -0.2) is 0 Å². The van der Waals surface area contributed by atoms with Crippen molar-refractivity contribution in [1.29, 1.82) is 0 Å². The van der Waals surface area contributed by atoms with Gasteiger partial charge in [-0.2, -0.15) is 0 Å². The molecule has 0 saturated carbocycles. The normalized spacial score (nSPS) is 18.8. The van der Waals surface area contributed by atoms with E-state index in [1.165, 1.54) is 11.1 Å². The van der Waals surface area contributed by atoms with E-state index in [0.717, 1.165) is 19.5 Å². The number of aliphatic imine (C=N–C) groups is 1. The van der Waals surface area contributed by atoms with Crippen LogP contribution in [0, 0.1) is 5.92 Å². The van der Waals surface area contributed by atoms with Crippen molar-refractivity contribution in [2.24, 2.45) is 16.6 Å². The number of hydrogen-bond donors (Lipinski definition) is 1. The molecule has 1 aliphatic heterocycles. The molecule has 1 atom stereocenters. The number of guanidine groups is 1. The van der Waals surface area contributed by atoms with Crippen molar-refractivity contribution < 1.29 is 0 Å². The minimum atomic E-state index is 0.256. The van der Waals surface area contributed by atoms with Crippen LogP contribution in [0.2, 0.25) is 0 Å². The van der Waals surface area contributed by atoms with Gasteiger partial charge >= 0.3 is 0 Å². The summed E-state index contributed by atoms with van der Waals surface area (Å²) < 4.78 is 0. The van der Waals surface area contributed by atoms with E-state index >= 15 is 0 Å². The number of benzene rings is 1. The Balaban J connectivity index is 2.11. The Bertz CT molecular complexity index is 459. The molecule has 2 N–H and O–H groups in total. The van der Waals surface area contributed by atoms with Crippen molar-refractivity contribution in [3.05, 3.63) is 48.0 Å². The number of rotatable bonds is 5. The molecule has 0 bridgehead atoms. The van der Waals surface area contributed by atoms with E-state index in [-0.39, 0.29) is 6.04 Å². The Morgan fingerprint density at radius 2 is 2.11 bits per heavy atom. The maximum Gasteiger partial charge on any atom is 0.192 e. The zero-order chi connectivity index (χ0) is 13.8. The summed E-state index contributed by atoms with van der Waals surface area (Å²) in [5.74, 6) is 1.31. The third-order valence-corrected chi connectivity index (χ3v) is 3.43. The maximum atomic E-state index is 5.92. The van der Waals surface area contributed by atoms with Crippen LogP contribution >= 0.6 is 0 Å². The molecule has 0 aliphatic carbocycles. The molecular formula is C16H23N3. The molecular weight excluding hydrogens is 234 g/mol. The van der Waals surface area contributed by atoms with Gasteiger partial charge in [0.15, 0.2) is 5.96 Å². The Morgan fingerprint density at radius 1 is 1.42 bits per heavy atom. The Hall–Kier alpha value is -1.77. The monoisotopic (exact) mass is 257 g/mol. The lowest BCUT2D eigenvalue weighted by Crippen LogP contribution is -2.36. The van der Waals surface area contributed by atoms with Crippen LogP contribution in [0.25, 0.3) is 0 Å². The van der Waals surface area contributed by atoms with Crippen molar-refractivity contribution in [1.82, 2.24) is 4.90 Å². The second-order valence-electron chi connectivity index (χ2n) is 5.50. The average Bonchev–Trinajstić information content (AvgIpc) is 2.72. The van der Waals surface area contributed by atoms with Crippen LogP contribution in [0.4, 0.5) is 0 Å². The molecule has 3 heteroatoms. The highest BCUT2D eigenvalue weighted by Gasteiger charge is 2.26. The summed E-state index contributed by atoms with van der Waals surface area (Å²) >= 11 is 0. The Morgan fingerprint density at radius 3 is 2.68 bits per heavy atom. The first-order chi connectivity index (χ1) is 9.11. The number of hydrogen-bond acceptors (Lipinski definition) is 3. The first kappa shape index (κ1) is 13.7. The highest BCUT2D eigenvalue weighted by Crippen LogP contribution is 2.25. The molecule has 1 heterocycles. The van der Waals surface area contributed by atoms with Crippen LogP contribution in [0.1, 0.15) is 31.0 Å². The van der Waals surface area contributed by atoms with Crippen LogP contribution in [-0.4, -0.2) is 23.9 Å². The fraction of sp³-hybridized carbons (Fsp3) is 0.438. The van der Waals surface area contributed by atoms with Crippen LogP contribution in [-0.2, 0) is 6.42 Å². The molecule has 0 saturated heterocycles. The van der Waals surface area contributed by atoms with Gasteiger partial charge in [-0.15, -0.1) is 6.58 Å². The van der Waals surface area contributed by atoms with Crippen molar-refractivity contribution in [3.63, 3.8) is 0 Å². The first-order valence-electron chi connectivity index (χ1n) is 6.88. The number of nitrogens with zero attached hydrogens (tertiary/aromatic N) is 2. The summed E-state index contributed by atoms with van der Waals surface area (Å²) in [4.78, 5) is 6.44. The third-order valence-electron chi connectivity index (χ3n) is 3.43. The maximum absolute atomic E-state index is 5.92. The standard InChI is InChI=1S/C16H23N3/c1-4-9-19-15(11-18-16(19)17)14-7-5-13(6-8-14)10-12(2)3/h4-8,12,15H,1,9-11H2,2-3H3,(H2,17,18). The van der Waals surface area contributed by atoms with Gasteiger partial charge in [0.1, 0.15) is 0 Å². The Labute approximate surface area is 115 Å². The van der Waals surface area contributed by atoms with E-state index in [1.807, 2.05) is 6.08 Å². The number of nitrogens with two attached hydrogens (primary N) is 1. The van der Waals surface area contributed by atoms with Crippen molar-refractivity contribution in [3.8, 4) is 0 Å².